The minimum absolute atomic E-state index is 0.529. The standard InChI is InChI=1S/C21H25N3OS/c1-4-25-17-11-9-15(10-12-17)18-13(2)26-21-19(18)20(22-14(3)23-21)24-16-7-5-6-8-16/h9-12,16H,4-8H2,1-3H3,(H,22,23,24). The first-order valence-electron chi connectivity index (χ1n) is 9.43. The summed E-state index contributed by atoms with van der Waals surface area (Å²) in [5, 5.41) is 4.87. The Morgan fingerprint density at radius 2 is 1.85 bits per heavy atom. The van der Waals surface area contributed by atoms with Gasteiger partial charge < -0.3 is 10.1 Å². The van der Waals surface area contributed by atoms with Crippen molar-refractivity contribution in [2.24, 2.45) is 0 Å². The summed E-state index contributed by atoms with van der Waals surface area (Å²) in [6.07, 6.45) is 5.07. The highest BCUT2D eigenvalue weighted by Crippen LogP contribution is 2.41. The summed E-state index contributed by atoms with van der Waals surface area (Å²) in [5.41, 5.74) is 2.44. The molecule has 26 heavy (non-hydrogen) atoms. The molecule has 1 aliphatic rings. The lowest BCUT2D eigenvalue weighted by Gasteiger charge is -2.15. The minimum Gasteiger partial charge on any atom is -0.494 e. The molecule has 1 N–H and O–H groups in total. The lowest BCUT2D eigenvalue weighted by molar-refractivity contribution is 0.340. The van der Waals surface area contributed by atoms with Crippen LogP contribution in [0.2, 0.25) is 0 Å². The molecular weight excluding hydrogens is 342 g/mol. The highest BCUT2D eigenvalue weighted by Gasteiger charge is 2.21. The summed E-state index contributed by atoms with van der Waals surface area (Å²) in [7, 11) is 0. The Morgan fingerprint density at radius 1 is 1.12 bits per heavy atom. The molecule has 2 aromatic heterocycles. The van der Waals surface area contributed by atoms with E-state index in [1.807, 2.05) is 26.0 Å². The van der Waals surface area contributed by atoms with E-state index < -0.39 is 0 Å². The van der Waals surface area contributed by atoms with Crippen LogP contribution in [0.25, 0.3) is 21.3 Å². The molecule has 0 amide bonds. The quantitative estimate of drug-likeness (QED) is 0.626. The minimum atomic E-state index is 0.529. The Kier molecular flexibility index (Phi) is 4.81. The Balaban J connectivity index is 1.81. The average Bonchev–Trinajstić information content (AvgIpc) is 3.23. The Bertz CT molecular complexity index is 911. The molecule has 3 aromatic rings. The molecule has 2 heterocycles. The van der Waals surface area contributed by atoms with Crippen LogP contribution in [0.5, 0.6) is 5.75 Å². The van der Waals surface area contributed by atoms with Crippen LogP contribution in [-0.2, 0) is 0 Å². The Hall–Kier alpha value is -2.14. The first-order valence-corrected chi connectivity index (χ1v) is 10.2. The van der Waals surface area contributed by atoms with Crippen molar-refractivity contribution in [1.29, 1.82) is 0 Å². The second kappa shape index (κ2) is 7.23. The van der Waals surface area contributed by atoms with E-state index in [0.29, 0.717) is 12.6 Å². The summed E-state index contributed by atoms with van der Waals surface area (Å²) in [6, 6.07) is 8.89. The van der Waals surface area contributed by atoms with Crippen LogP contribution < -0.4 is 10.1 Å². The zero-order chi connectivity index (χ0) is 18.1. The van der Waals surface area contributed by atoms with Gasteiger partial charge in [0, 0.05) is 16.5 Å². The van der Waals surface area contributed by atoms with Crippen LogP contribution >= 0.6 is 11.3 Å². The molecule has 0 atom stereocenters. The van der Waals surface area contributed by atoms with Gasteiger partial charge in [0.1, 0.15) is 22.2 Å². The molecular formula is C21H25N3OS. The van der Waals surface area contributed by atoms with E-state index in [1.54, 1.807) is 11.3 Å². The van der Waals surface area contributed by atoms with Crippen molar-refractivity contribution in [3.05, 3.63) is 35.0 Å². The molecule has 5 heteroatoms. The second-order valence-electron chi connectivity index (χ2n) is 6.92. The van der Waals surface area contributed by atoms with Crippen molar-refractivity contribution in [3.8, 4) is 16.9 Å². The van der Waals surface area contributed by atoms with Crippen LogP contribution in [0.3, 0.4) is 0 Å². The van der Waals surface area contributed by atoms with Gasteiger partial charge in [-0.2, -0.15) is 0 Å². The maximum absolute atomic E-state index is 5.59. The number of aryl methyl sites for hydroxylation is 2. The van der Waals surface area contributed by atoms with Crippen molar-refractivity contribution < 1.29 is 4.74 Å². The molecule has 1 aromatic carbocycles. The molecule has 4 rings (SSSR count). The lowest BCUT2D eigenvalue weighted by atomic mass is 10.0. The SMILES string of the molecule is CCOc1ccc(-c2c(C)sc3nc(C)nc(NC4CCCC4)c23)cc1. The van der Waals surface area contributed by atoms with E-state index in [1.165, 1.54) is 41.7 Å². The van der Waals surface area contributed by atoms with Gasteiger partial charge >= 0.3 is 0 Å². The number of fused-ring (bicyclic) bond motifs is 1. The third kappa shape index (κ3) is 3.28. The summed E-state index contributed by atoms with van der Waals surface area (Å²) in [4.78, 5) is 11.8. The third-order valence-corrected chi connectivity index (χ3v) is 5.99. The smallest absolute Gasteiger partial charge is 0.139 e. The van der Waals surface area contributed by atoms with Gasteiger partial charge in [0.25, 0.3) is 0 Å². The fourth-order valence-electron chi connectivity index (χ4n) is 3.82. The number of nitrogens with one attached hydrogen (secondary N) is 1. The number of nitrogens with zero attached hydrogens (tertiary/aromatic N) is 2. The molecule has 1 aliphatic carbocycles. The third-order valence-electron chi connectivity index (χ3n) is 4.99. The molecule has 136 valence electrons. The van der Waals surface area contributed by atoms with E-state index in [4.69, 9.17) is 14.7 Å². The number of thiophene rings is 1. The van der Waals surface area contributed by atoms with Crippen LogP contribution in [0.4, 0.5) is 5.82 Å². The van der Waals surface area contributed by atoms with E-state index in [2.05, 4.69) is 24.4 Å². The van der Waals surface area contributed by atoms with Crippen molar-refractivity contribution in [2.45, 2.75) is 52.5 Å². The Morgan fingerprint density at radius 3 is 2.54 bits per heavy atom. The molecule has 0 radical (unpaired) electrons. The van der Waals surface area contributed by atoms with E-state index >= 15 is 0 Å². The average molecular weight is 368 g/mol. The van der Waals surface area contributed by atoms with Gasteiger partial charge in [0.15, 0.2) is 0 Å². The molecule has 0 saturated heterocycles. The Labute approximate surface area is 158 Å². The predicted octanol–water partition coefficient (Wildman–Crippen LogP) is 5.73. The molecule has 0 bridgehead atoms. The molecule has 0 aliphatic heterocycles. The maximum atomic E-state index is 5.59. The zero-order valence-electron chi connectivity index (χ0n) is 15.6. The van der Waals surface area contributed by atoms with Gasteiger partial charge in [-0.25, -0.2) is 9.97 Å². The van der Waals surface area contributed by atoms with Gasteiger partial charge in [-0.05, 0) is 51.3 Å². The fourth-order valence-corrected chi connectivity index (χ4v) is 4.91. The first kappa shape index (κ1) is 17.3. The monoisotopic (exact) mass is 367 g/mol. The molecule has 1 fully saturated rings. The first-order chi connectivity index (χ1) is 12.7. The second-order valence-corrected chi connectivity index (χ2v) is 8.12. The van der Waals surface area contributed by atoms with Crippen LogP contribution in [-0.4, -0.2) is 22.6 Å². The number of aromatic nitrogens is 2. The highest BCUT2D eigenvalue weighted by atomic mass is 32.1. The molecule has 0 spiro atoms. The van der Waals surface area contributed by atoms with Crippen molar-refractivity contribution in [3.63, 3.8) is 0 Å². The highest BCUT2D eigenvalue weighted by molar-refractivity contribution is 7.19. The van der Waals surface area contributed by atoms with Gasteiger partial charge in [-0.15, -0.1) is 11.3 Å². The number of hydrogen-bond donors (Lipinski definition) is 1. The number of rotatable bonds is 5. The topological polar surface area (TPSA) is 47.0 Å². The number of anilines is 1. The van der Waals surface area contributed by atoms with Crippen molar-refractivity contribution in [2.75, 3.05) is 11.9 Å². The largest absolute Gasteiger partial charge is 0.494 e. The van der Waals surface area contributed by atoms with Crippen LogP contribution in [0, 0.1) is 13.8 Å². The molecule has 0 unspecified atom stereocenters. The van der Waals surface area contributed by atoms with Gasteiger partial charge in [0.05, 0.1) is 12.0 Å². The van der Waals surface area contributed by atoms with E-state index in [-0.39, 0.29) is 0 Å². The van der Waals surface area contributed by atoms with Gasteiger partial charge in [-0.1, -0.05) is 25.0 Å². The van der Waals surface area contributed by atoms with Crippen LogP contribution in [0.15, 0.2) is 24.3 Å². The van der Waals surface area contributed by atoms with E-state index in [9.17, 15) is 0 Å². The normalized spacial score (nSPS) is 14.9. The number of ether oxygens (including phenoxy) is 1. The van der Waals surface area contributed by atoms with Gasteiger partial charge in [-0.3, -0.25) is 0 Å². The summed E-state index contributed by atoms with van der Waals surface area (Å²) in [5.74, 6) is 2.73. The van der Waals surface area contributed by atoms with Crippen molar-refractivity contribution >= 4 is 27.4 Å². The van der Waals surface area contributed by atoms with Crippen molar-refractivity contribution in [1.82, 2.24) is 9.97 Å². The van der Waals surface area contributed by atoms with Crippen LogP contribution in [0.1, 0.15) is 43.3 Å². The lowest BCUT2D eigenvalue weighted by Crippen LogP contribution is -2.16. The molecule has 1 saturated carbocycles. The molecule has 4 nitrogen and oxygen atoms in total. The fraction of sp³-hybridized carbons (Fsp3) is 0.429. The van der Waals surface area contributed by atoms with Gasteiger partial charge in [0.2, 0.25) is 0 Å². The predicted molar refractivity (Wildman–Crippen MR) is 109 cm³/mol. The maximum Gasteiger partial charge on any atom is 0.139 e. The summed E-state index contributed by atoms with van der Waals surface area (Å²) < 4.78 is 5.59. The summed E-state index contributed by atoms with van der Waals surface area (Å²) in [6.45, 7) is 6.84. The number of hydrogen-bond acceptors (Lipinski definition) is 5. The number of benzene rings is 1. The summed E-state index contributed by atoms with van der Waals surface area (Å²) >= 11 is 1.75. The van der Waals surface area contributed by atoms with E-state index in [0.717, 1.165) is 27.6 Å². The zero-order valence-corrected chi connectivity index (χ0v) is 16.4.